The van der Waals surface area contributed by atoms with Crippen LogP contribution in [0.25, 0.3) is 0 Å². The second kappa shape index (κ2) is 8.88. The molecule has 0 spiro atoms. The summed E-state index contributed by atoms with van der Waals surface area (Å²) < 4.78 is 17.2. The maximum absolute atomic E-state index is 13.1. The van der Waals surface area contributed by atoms with Gasteiger partial charge in [0, 0.05) is 31.0 Å². The van der Waals surface area contributed by atoms with Gasteiger partial charge in [-0.2, -0.15) is 0 Å². The molecule has 2 amide bonds. The van der Waals surface area contributed by atoms with Crippen LogP contribution in [0.4, 0.5) is 11.4 Å². The van der Waals surface area contributed by atoms with E-state index in [9.17, 15) is 9.59 Å². The Labute approximate surface area is 182 Å². The van der Waals surface area contributed by atoms with E-state index >= 15 is 0 Å². The van der Waals surface area contributed by atoms with E-state index in [4.69, 9.17) is 14.2 Å². The van der Waals surface area contributed by atoms with E-state index < -0.39 is 5.92 Å². The number of hydrogen-bond acceptors (Lipinski definition) is 5. The van der Waals surface area contributed by atoms with Gasteiger partial charge in [0.2, 0.25) is 11.8 Å². The molecule has 2 aromatic rings. The molecule has 0 radical (unpaired) electrons. The summed E-state index contributed by atoms with van der Waals surface area (Å²) in [4.78, 5) is 27.4. The van der Waals surface area contributed by atoms with Crippen LogP contribution in [0.1, 0.15) is 32.8 Å². The Morgan fingerprint density at radius 3 is 2.65 bits per heavy atom. The van der Waals surface area contributed by atoms with Gasteiger partial charge in [0.1, 0.15) is 23.4 Å². The zero-order chi connectivity index (χ0) is 22.0. The number of nitrogens with one attached hydrogen (secondary N) is 1. The number of fused-ring (bicyclic) bond motifs is 1. The standard InChI is InChI=1S/C24H28N2O5/c1-4-29-20-9-7-6-8-19(20)26-14-17(12-23(26)27)24(28)25-18-13-21-16(10-15(3)31-21)11-22(18)30-5-2/h6-9,11,13,15,17H,4-5,10,12,14H2,1-3H3,(H,25,28). The normalized spacial score (nSPS) is 19.7. The number of carbonyl (C=O) groups excluding carboxylic acids is 2. The minimum Gasteiger partial charge on any atom is -0.492 e. The van der Waals surface area contributed by atoms with Gasteiger partial charge in [-0.05, 0) is 39.0 Å². The van der Waals surface area contributed by atoms with Crippen molar-refractivity contribution in [3.63, 3.8) is 0 Å². The summed E-state index contributed by atoms with van der Waals surface area (Å²) in [7, 11) is 0. The van der Waals surface area contributed by atoms with E-state index in [1.807, 2.05) is 57.2 Å². The van der Waals surface area contributed by atoms with E-state index in [-0.39, 0.29) is 24.3 Å². The Balaban J connectivity index is 1.52. The van der Waals surface area contributed by atoms with Crippen molar-refractivity contribution in [1.82, 2.24) is 0 Å². The smallest absolute Gasteiger partial charge is 0.229 e. The lowest BCUT2D eigenvalue weighted by atomic mass is 10.1. The molecule has 0 aromatic heterocycles. The number of amides is 2. The molecule has 7 nitrogen and oxygen atoms in total. The first-order valence-electron chi connectivity index (χ1n) is 10.8. The Bertz CT molecular complexity index is 990. The minimum atomic E-state index is -0.468. The van der Waals surface area contributed by atoms with Gasteiger partial charge >= 0.3 is 0 Å². The van der Waals surface area contributed by atoms with E-state index in [0.717, 1.165) is 17.7 Å². The zero-order valence-electron chi connectivity index (χ0n) is 18.1. The molecule has 2 aliphatic heterocycles. The molecule has 2 heterocycles. The first-order valence-corrected chi connectivity index (χ1v) is 10.8. The second-order valence-corrected chi connectivity index (χ2v) is 7.82. The highest BCUT2D eigenvalue weighted by Gasteiger charge is 2.36. The lowest BCUT2D eigenvalue weighted by Gasteiger charge is -2.20. The largest absolute Gasteiger partial charge is 0.492 e. The van der Waals surface area contributed by atoms with Gasteiger partial charge in [-0.1, -0.05) is 12.1 Å². The van der Waals surface area contributed by atoms with Crippen LogP contribution in [0.2, 0.25) is 0 Å². The van der Waals surface area contributed by atoms with E-state index in [0.29, 0.717) is 42.6 Å². The van der Waals surface area contributed by atoms with Gasteiger partial charge in [-0.3, -0.25) is 9.59 Å². The average molecular weight is 424 g/mol. The molecule has 1 saturated heterocycles. The minimum absolute atomic E-state index is 0.0940. The quantitative estimate of drug-likeness (QED) is 0.732. The molecular formula is C24H28N2O5. The van der Waals surface area contributed by atoms with Gasteiger partial charge in [-0.15, -0.1) is 0 Å². The van der Waals surface area contributed by atoms with Crippen LogP contribution in [0.5, 0.6) is 17.2 Å². The summed E-state index contributed by atoms with van der Waals surface area (Å²) in [6, 6.07) is 11.2. The lowest BCUT2D eigenvalue weighted by molar-refractivity contribution is -0.122. The van der Waals surface area contributed by atoms with Gasteiger partial charge < -0.3 is 24.4 Å². The van der Waals surface area contributed by atoms with Gasteiger partial charge in [0.15, 0.2) is 0 Å². The predicted molar refractivity (Wildman–Crippen MR) is 118 cm³/mol. The highest BCUT2D eigenvalue weighted by Crippen LogP contribution is 2.39. The van der Waals surface area contributed by atoms with E-state index in [2.05, 4.69) is 5.32 Å². The molecule has 2 aliphatic rings. The summed E-state index contributed by atoms with van der Waals surface area (Å²) >= 11 is 0. The van der Waals surface area contributed by atoms with Crippen molar-refractivity contribution in [2.75, 3.05) is 30.0 Å². The third kappa shape index (κ3) is 4.31. The third-order valence-corrected chi connectivity index (χ3v) is 5.51. The molecule has 164 valence electrons. The number of carbonyl (C=O) groups is 2. The van der Waals surface area contributed by atoms with Crippen molar-refractivity contribution in [1.29, 1.82) is 0 Å². The average Bonchev–Trinajstić information content (AvgIpc) is 3.30. The van der Waals surface area contributed by atoms with Gasteiger partial charge in [0.25, 0.3) is 0 Å². The summed E-state index contributed by atoms with van der Waals surface area (Å²) in [6.45, 7) is 7.11. The summed E-state index contributed by atoms with van der Waals surface area (Å²) in [5, 5.41) is 2.96. The lowest BCUT2D eigenvalue weighted by Crippen LogP contribution is -2.28. The molecular weight excluding hydrogens is 396 g/mol. The van der Waals surface area contributed by atoms with Crippen LogP contribution in [-0.2, 0) is 16.0 Å². The summed E-state index contributed by atoms with van der Waals surface area (Å²) in [6.07, 6.45) is 1.06. The number of rotatable bonds is 7. The Kier molecular flexibility index (Phi) is 6.02. The Hall–Kier alpha value is -3.22. The van der Waals surface area contributed by atoms with Crippen LogP contribution in [0.3, 0.4) is 0 Å². The second-order valence-electron chi connectivity index (χ2n) is 7.82. The van der Waals surface area contributed by atoms with Crippen molar-refractivity contribution >= 4 is 23.2 Å². The van der Waals surface area contributed by atoms with Crippen LogP contribution in [0.15, 0.2) is 36.4 Å². The maximum Gasteiger partial charge on any atom is 0.229 e. The molecule has 0 saturated carbocycles. The molecule has 2 atom stereocenters. The van der Waals surface area contributed by atoms with Crippen LogP contribution < -0.4 is 24.4 Å². The molecule has 1 N–H and O–H groups in total. The number of para-hydroxylation sites is 2. The molecule has 1 fully saturated rings. The number of hydrogen-bond donors (Lipinski definition) is 1. The fourth-order valence-corrected chi connectivity index (χ4v) is 4.12. The molecule has 2 unspecified atom stereocenters. The third-order valence-electron chi connectivity index (χ3n) is 5.51. The number of benzene rings is 2. The molecule has 2 aromatic carbocycles. The molecule has 4 rings (SSSR count). The highest BCUT2D eigenvalue weighted by molar-refractivity contribution is 6.04. The summed E-state index contributed by atoms with van der Waals surface area (Å²) in [5.74, 6) is 1.25. The summed E-state index contributed by atoms with van der Waals surface area (Å²) in [5.41, 5.74) is 2.34. The Morgan fingerprint density at radius 2 is 1.87 bits per heavy atom. The fraction of sp³-hybridized carbons (Fsp3) is 0.417. The van der Waals surface area contributed by atoms with Crippen LogP contribution in [0, 0.1) is 5.92 Å². The van der Waals surface area contributed by atoms with Crippen LogP contribution in [-0.4, -0.2) is 37.7 Å². The first-order chi connectivity index (χ1) is 15.0. The van der Waals surface area contributed by atoms with E-state index in [1.54, 1.807) is 4.90 Å². The topological polar surface area (TPSA) is 77.1 Å². The predicted octanol–water partition coefficient (Wildman–Crippen LogP) is 3.80. The maximum atomic E-state index is 13.1. The SMILES string of the molecule is CCOc1cc2c(cc1NC(=O)C1CC(=O)N(c3ccccc3OCC)C1)OC(C)C2. The molecule has 0 bridgehead atoms. The van der Waals surface area contributed by atoms with Crippen molar-refractivity contribution in [2.45, 2.75) is 39.7 Å². The van der Waals surface area contributed by atoms with Crippen molar-refractivity contribution in [3.8, 4) is 17.2 Å². The monoisotopic (exact) mass is 424 g/mol. The van der Waals surface area contributed by atoms with Gasteiger partial charge in [0.05, 0.1) is 30.5 Å². The molecule has 0 aliphatic carbocycles. The first kappa shape index (κ1) is 21.0. The number of ether oxygens (including phenoxy) is 3. The fourth-order valence-electron chi connectivity index (χ4n) is 4.12. The Morgan fingerprint density at radius 1 is 1.13 bits per heavy atom. The van der Waals surface area contributed by atoms with Crippen molar-refractivity contribution in [2.24, 2.45) is 5.92 Å². The van der Waals surface area contributed by atoms with Crippen molar-refractivity contribution < 1.29 is 23.8 Å². The number of nitrogens with zero attached hydrogens (tertiary/aromatic N) is 1. The highest BCUT2D eigenvalue weighted by atomic mass is 16.5. The van der Waals surface area contributed by atoms with Crippen LogP contribution >= 0.6 is 0 Å². The molecule has 7 heteroatoms. The molecule has 31 heavy (non-hydrogen) atoms. The van der Waals surface area contributed by atoms with Gasteiger partial charge in [-0.25, -0.2) is 0 Å². The zero-order valence-corrected chi connectivity index (χ0v) is 18.1. The van der Waals surface area contributed by atoms with E-state index in [1.165, 1.54) is 0 Å². The van der Waals surface area contributed by atoms with Crippen molar-refractivity contribution in [3.05, 3.63) is 42.0 Å². The number of anilines is 2.